The van der Waals surface area contributed by atoms with Crippen LogP contribution in [0.1, 0.15) is 64.2 Å². The van der Waals surface area contributed by atoms with Crippen LogP contribution in [0, 0.1) is 29.6 Å². The highest BCUT2D eigenvalue weighted by Crippen LogP contribution is 2.55. The molecule has 4 heterocycles. The molecule has 34 heavy (non-hydrogen) atoms. The smallest absolute Gasteiger partial charge is 0.105 e. The lowest BCUT2D eigenvalue weighted by atomic mass is 9.64. The Kier molecular flexibility index (Phi) is 6.19. The van der Waals surface area contributed by atoms with Gasteiger partial charge < -0.3 is 14.8 Å². The summed E-state index contributed by atoms with van der Waals surface area (Å²) in [5.74, 6) is 3.20. The van der Waals surface area contributed by atoms with Crippen LogP contribution in [0.2, 0.25) is 0 Å². The normalized spacial score (nSPS) is 52.7. The van der Waals surface area contributed by atoms with Gasteiger partial charge in [0.2, 0.25) is 0 Å². The second-order valence-electron chi connectivity index (χ2n) is 12.9. The van der Waals surface area contributed by atoms with Crippen LogP contribution >= 0.6 is 0 Å². The monoisotopic (exact) mass is 476 g/mol. The Labute approximate surface area is 204 Å². The SMILES string of the molecule is FC1CCC2CC1C1CC3C(CN1)NNC3C1CCC3CC4(CC4)N(CCOCCO2)CC3C1. The van der Waals surface area contributed by atoms with Gasteiger partial charge in [-0.15, -0.1) is 0 Å². The Morgan fingerprint density at radius 2 is 1.74 bits per heavy atom. The highest BCUT2D eigenvalue weighted by molar-refractivity contribution is 5.11. The molecule has 3 aliphatic carbocycles. The fourth-order valence-corrected chi connectivity index (χ4v) is 9.14. The van der Waals surface area contributed by atoms with Gasteiger partial charge in [-0.1, -0.05) is 0 Å². The molecular formula is C27H45FN4O2. The lowest BCUT2D eigenvalue weighted by Crippen LogP contribution is -2.56. The van der Waals surface area contributed by atoms with E-state index in [1.54, 1.807) is 0 Å². The van der Waals surface area contributed by atoms with E-state index in [1.807, 2.05) is 0 Å². The molecule has 1 spiro atoms. The molecule has 0 radical (unpaired) electrons. The molecule has 3 saturated carbocycles. The van der Waals surface area contributed by atoms with Crippen molar-refractivity contribution in [3.05, 3.63) is 0 Å². The lowest BCUT2D eigenvalue weighted by molar-refractivity contribution is -0.0534. The van der Waals surface area contributed by atoms with Crippen molar-refractivity contribution in [3.63, 3.8) is 0 Å². The third-order valence-corrected chi connectivity index (χ3v) is 11.2. The van der Waals surface area contributed by atoms with Gasteiger partial charge in [-0.3, -0.25) is 15.8 Å². The summed E-state index contributed by atoms with van der Waals surface area (Å²) in [6.45, 7) is 5.42. The molecule has 7 aliphatic rings. The van der Waals surface area contributed by atoms with Crippen molar-refractivity contribution in [2.24, 2.45) is 29.6 Å². The first-order valence-corrected chi connectivity index (χ1v) is 14.5. The number of hydrogen-bond donors (Lipinski definition) is 3. The van der Waals surface area contributed by atoms with Gasteiger partial charge in [0, 0.05) is 49.2 Å². The minimum absolute atomic E-state index is 0.0816. The Morgan fingerprint density at radius 1 is 0.824 bits per heavy atom. The number of piperidine rings is 2. The van der Waals surface area contributed by atoms with Crippen LogP contribution in [-0.2, 0) is 9.47 Å². The molecule has 7 heteroatoms. The number of rotatable bonds is 0. The molecule has 7 rings (SSSR count). The maximum absolute atomic E-state index is 15.1. The van der Waals surface area contributed by atoms with Gasteiger partial charge in [0.05, 0.1) is 25.9 Å². The van der Waals surface area contributed by atoms with Gasteiger partial charge in [-0.05, 0) is 87.9 Å². The fraction of sp³-hybridized carbons (Fsp3) is 1.00. The second-order valence-corrected chi connectivity index (χ2v) is 12.9. The van der Waals surface area contributed by atoms with E-state index >= 15 is 4.39 Å². The molecular weight excluding hydrogens is 431 g/mol. The number of nitrogens with one attached hydrogen (secondary N) is 3. The minimum atomic E-state index is -0.699. The zero-order chi connectivity index (χ0) is 22.7. The van der Waals surface area contributed by atoms with E-state index in [2.05, 4.69) is 21.1 Å². The quantitative estimate of drug-likeness (QED) is 0.500. The van der Waals surface area contributed by atoms with Gasteiger partial charge in [-0.25, -0.2) is 4.39 Å². The zero-order valence-corrected chi connectivity index (χ0v) is 20.7. The summed E-state index contributed by atoms with van der Waals surface area (Å²) in [5.41, 5.74) is 7.91. The number of halogens is 1. The third-order valence-electron chi connectivity index (χ3n) is 11.2. The number of hydrazine groups is 1. The Balaban J connectivity index is 1.11. The third kappa shape index (κ3) is 4.16. The van der Waals surface area contributed by atoms with Crippen LogP contribution in [0.15, 0.2) is 0 Å². The molecule has 6 nitrogen and oxygen atoms in total. The van der Waals surface area contributed by atoms with Crippen molar-refractivity contribution in [1.29, 1.82) is 0 Å². The van der Waals surface area contributed by atoms with E-state index in [4.69, 9.17) is 9.47 Å². The van der Waals surface area contributed by atoms with Gasteiger partial charge in [0.1, 0.15) is 6.17 Å². The molecule has 11 unspecified atom stereocenters. The zero-order valence-electron chi connectivity index (χ0n) is 20.7. The standard InChI is InChI=1S/C27H45FN4O2/c28-23-4-3-20-12-21(23)24-13-22-25(15-29-24)30-31-26(22)17-1-2-18-14-27(5-6-27)32(16-19(18)11-17)7-8-33-9-10-34-20/h17-26,29-31H,1-16H2. The summed E-state index contributed by atoms with van der Waals surface area (Å²) in [7, 11) is 0. The van der Waals surface area contributed by atoms with Gasteiger partial charge in [0.15, 0.2) is 0 Å². The van der Waals surface area contributed by atoms with Gasteiger partial charge in [-0.2, -0.15) is 0 Å². The molecule has 192 valence electrons. The lowest BCUT2D eigenvalue weighted by Gasteiger charge is -2.50. The minimum Gasteiger partial charge on any atom is -0.378 e. The summed E-state index contributed by atoms with van der Waals surface area (Å²) in [6, 6.07) is 1.29. The van der Waals surface area contributed by atoms with Crippen molar-refractivity contribution >= 4 is 0 Å². The highest BCUT2D eigenvalue weighted by atomic mass is 19.1. The average molecular weight is 477 g/mol. The van der Waals surface area contributed by atoms with Crippen LogP contribution in [-0.4, -0.2) is 80.3 Å². The fourth-order valence-electron chi connectivity index (χ4n) is 9.14. The number of nitrogens with zero attached hydrogens (tertiary/aromatic N) is 1. The molecule has 4 aliphatic heterocycles. The number of hydrogen-bond acceptors (Lipinski definition) is 6. The first kappa shape index (κ1) is 22.9. The average Bonchev–Trinajstić information content (AvgIpc) is 3.49. The molecule has 11 atom stereocenters. The topological polar surface area (TPSA) is 57.8 Å². The molecule has 3 N–H and O–H groups in total. The van der Waals surface area contributed by atoms with E-state index in [0.29, 0.717) is 43.2 Å². The number of ether oxygens (including phenoxy) is 2. The maximum atomic E-state index is 15.1. The van der Waals surface area contributed by atoms with Crippen molar-refractivity contribution < 1.29 is 13.9 Å². The van der Waals surface area contributed by atoms with Gasteiger partial charge in [0.25, 0.3) is 0 Å². The molecule has 0 aromatic rings. The van der Waals surface area contributed by atoms with E-state index in [9.17, 15) is 0 Å². The van der Waals surface area contributed by atoms with Crippen LogP contribution in [0.5, 0.6) is 0 Å². The summed E-state index contributed by atoms with van der Waals surface area (Å²) in [5, 5.41) is 3.75. The van der Waals surface area contributed by atoms with Crippen LogP contribution in [0.3, 0.4) is 0 Å². The first-order chi connectivity index (χ1) is 16.7. The first-order valence-electron chi connectivity index (χ1n) is 14.5. The molecule has 0 aromatic carbocycles. The summed E-state index contributed by atoms with van der Waals surface area (Å²) in [4.78, 5) is 2.82. The highest BCUT2D eigenvalue weighted by Gasteiger charge is 2.55. The largest absolute Gasteiger partial charge is 0.378 e. The second kappa shape index (κ2) is 9.21. The predicted octanol–water partition coefficient (Wildman–Crippen LogP) is 2.63. The Bertz CT molecular complexity index is 737. The van der Waals surface area contributed by atoms with Crippen molar-refractivity contribution in [2.45, 2.75) is 100 Å². The summed E-state index contributed by atoms with van der Waals surface area (Å²) < 4.78 is 27.4. The van der Waals surface area contributed by atoms with Crippen molar-refractivity contribution in [2.75, 3.05) is 39.5 Å². The van der Waals surface area contributed by atoms with E-state index in [0.717, 1.165) is 56.7 Å². The van der Waals surface area contributed by atoms with E-state index in [-0.39, 0.29) is 18.1 Å². The van der Waals surface area contributed by atoms with Gasteiger partial charge >= 0.3 is 0 Å². The molecule has 7 fully saturated rings. The number of fused-ring (bicyclic) bond motifs is 8. The van der Waals surface area contributed by atoms with E-state index < -0.39 is 6.17 Å². The van der Waals surface area contributed by atoms with Crippen LogP contribution in [0.4, 0.5) is 4.39 Å². The molecule has 4 saturated heterocycles. The van der Waals surface area contributed by atoms with Crippen molar-refractivity contribution in [1.82, 2.24) is 21.1 Å². The molecule has 0 aromatic heterocycles. The maximum Gasteiger partial charge on any atom is 0.105 e. The number of alkyl halides is 1. The summed E-state index contributed by atoms with van der Waals surface area (Å²) >= 11 is 0. The van der Waals surface area contributed by atoms with Crippen LogP contribution < -0.4 is 16.2 Å². The van der Waals surface area contributed by atoms with E-state index in [1.165, 1.54) is 45.1 Å². The molecule has 0 amide bonds. The molecule has 7 bridgehead atoms. The Morgan fingerprint density at radius 3 is 2.65 bits per heavy atom. The Hall–Kier alpha value is -0.310. The van der Waals surface area contributed by atoms with Crippen LogP contribution in [0.25, 0.3) is 0 Å². The summed E-state index contributed by atoms with van der Waals surface area (Å²) in [6.07, 6.45) is 11.3. The predicted molar refractivity (Wildman–Crippen MR) is 129 cm³/mol. The van der Waals surface area contributed by atoms with Crippen molar-refractivity contribution in [3.8, 4) is 0 Å².